The molecule has 0 radical (unpaired) electrons. The van der Waals surface area contributed by atoms with Crippen LogP contribution in [0.4, 0.5) is 4.39 Å². The van der Waals surface area contributed by atoms with Gasteiger partial charge in [-0.1, -0.05) is 0 Å². The zero-order valence-corrected chi connectivity index (χ0v) is 9.21. The summed E-state index contributed by atoms with van der Waals surface area (Å²) in [7, 11) is 1.39. The third kappa shape index (κ3) is 1.65. The largest absolute Gasteiger partial charge is 0.494 e. The van der Waals surface area contributed by atoms with Crippen molar-refractivity contribution in [3.8, 4) is 17.1 Å². The van der Waals surface area contributed by atoms with E-state index < -0.39 is 5.82 Å². The summed E-state index contributed by atoms with van der Waals surface area (Å²) in [5.41, 5.74) is 0.619. The van der Waals surface area contributed by atoms with E-state index in [0.717, 1.165) is 0 Å². The molecule has 0 fully saturated rings. The normalized spacial score (nSPS) is 10.4. The van der Waals surface area contributed by atoms with Crippen LogP contribution >= 0.6 is 12.2 Å². The van der Waals surface area contributed by atoms with Crippen LogP contribution in [-0.4, -0.2) is 22.0 Å². The Morgan fingerprint density at radius 2 is 2.31 bits per heavy atom. The Kier molecular flexibility index (Phi) is 2.61. The van der Waals surface area contributed by atoms with Gasteiger partial charge in [-0.3, -0.25) is 0 Å². The molecule has 0 amide bonds. The smallest absolute Gasteiger partial charge is 0.214 e. The van der Waals surface area contributed by atoms with Crippen molar-refractivity contribution >= 4 is 12.2 Å². The third-order valence-electron chi connectivity index (χ3n) is 2.11. The number of nitrogens with two attached hydrogens (primary N) is 1. The van der Waals surface area contributed by atoms with E-state index in [2.05, 4.69) is 10.2 Å². The Balaban J connectivity index is 2.57. The number of nitrogen functional groups attached to an aromatic ring is 1. The van der Waals surface area contributed by atoms with Crippen molar-refractivity contribution in [3.05, 3.63) is 28.8 Å². The number of benzene rings is 1. The Labute approximate surface area is 95.6 Å². The molecule has 2 rings (SSSR count). The number of aromatic amines is 1. The van der Waals surface area contributed by atoms with Crippen LogP contribution in [0, 0.1) is 10.6 Å². The zero-order chi connectivity index (χ0) is 11.7. The summed E-state index contributed by atoms with van der Waals surface area (Å²) in [6, 6.07) is 4.34. The van der Waals surface area contributed by atoms with Crippen LogP contribution in [0.1, 0.15) is 0 Å². The minimum Gasteiger partial charge on any atom is -0.494 e. The van der Waals surface area contributed by atoms with Gasteiger partial charge >= 0.3 is 0 Å². The van der Waals surface area contributed by atoms with Gasteiger partial charge in [-0.15, -0.1) is 0 Å². The lowest BCUT2D eigenvalue weighted by atomic mass is 10.2. The molecule has 1 heterocycles. The van der Waals surface area contributed by atoms with Crippen LogP contribution < -0.4 is 10.6 Å². The van der Waals surface area contributed by atoms with Crippen molar-refractivity contribution < 1.29 is 9.13 Å². The fourth-order valence-corrected chi connectivity index (χ4v) is 1.44. The number of nitrogens with zero attached hydrogens (tertiary/aromatic N) is 2. The van der Waals surface area contributed by atoms with Crippen molar-refractivity contribution in [2.45, 2.75) is 0 Å². The topological polar surface area (TPSA) is 68.9 Å². The number of rotatable bonds is 2. The molecule has 1 aromatic carbocycles. The van der Waals surface area contributed by atoms with E-state index in [-0.39, 0.29) is 5.75 Å². The van der Waals surface area contributed by atoms with Gasteiger partial charge in [-0.2, -0.15) is 5.10 Å². The molecule has 0 aliphatic carbocycles. The maximum absolute atomic E-state index is 13.2. The number of nitrogens with one attached hydrogen (secondary N) is 1. The van der Waals surface area contributed by atoms with Gasteiger partial charge in [0, 0.05) is 5.56 Å². The first-order valence-electron chi connectivity index (χ1n) is 4.40. The molecule has 1 aromatic heterocycles. The molecule has 0 atom stereocenters. The van der Waals surface area contributed by atoms with Gasteiger partial charge in [0.25, 0.3) is 0 Å². The van der Waals surface area contributed by atoms with Crippen molar-refractivity contribution in [3.63, 3.8) is 0 Å². The number of methoxy groups -OCH3 is 1. The number of halogens is 1. The summed E-state index contributed by atoms with van der Waals surface area (Å²) in [4.78, 5) is 0. The maximum atomic E-state index is 13.2. The third-order valence-corrected chi connectivity index (χ3v) is 2.40. The predicted molar refractivity (Wildman–Crippen MR) is 59.5 cm³/mol. The highest BCUT2D eigenvalue weighted by Gasteiger charge is 2.10. The number of hydrogen-bond donors (Lipinski definition) is 2. The SMILES string of the molecule is COc1cc(-c2n[nH]c(=S)n2N)ccc1F. The van der Waals surface area contributed by atoms with Crippen molar-refractivity contribution in [1.29, 1.82) is 0 Å². The molecule has 0 saturated carbocycles. The monoisotopic (exact) mass is 240 g/mol. The molecule has 0 aliphatic rings. The summed E-state index contributed by atoms with van der Waals surface area (Å²) in [5.74, 6) is 5.76. The van der Waals surface area contributed by atoms with E-state index in [4.69, 9.17) is 22.8 Å². The van der Waals surface area contributed by atoms with Crippen molar-refractivity contribution in [2.24, 2.45) is 0 Å². The molecule has 16 heavy (non-hydrogen) atoms. The Hall–Kier alpha value is -1.89. The van der Waals surface area contributed by atoms with Gasteiger partial charge < -0.3 is 10.6 Å². The number of H-pyrrole nitrogens is 1. The first kappa shape index (κ1) is 10.6. The molecule has 0 saturated heterocycles. The highest BCUT2D eigenvalue weighted by atomic mass is 32.1. The minimum absolute atomic E-state index is 0.131. The predicted octanol–water partition coefficient (Wildman–Crippen LogP) is 1.47. The van der Waals surface area contributed by atoms with Crippen LogP contribution in [0.5, 0.6) is 5.75 Å². The van der Waals surface area contributed by atoms with E-state index >= 15 is 0 Å². The molecule has 0 aliphatic heterocycles. The summed E-state index contributed by atoms with van der Waals surface area (Å²) < 4.78 is 19.5. The molecule has 3 N–H and O–H groups in total. The zero-order valence-electron chi connectivity index (χ0n) is 8.40. The van der Waals surface area contributed by atoms with E-state index in [1.807, 2.05) is 0 Å². The summed E-state index contributed by atoms with van der Waals surface area (Å²) in [5, 5.41) is 6.48. The van der Waals surface area contributed by atoms with Gasteiger partial charge in [0.15, 0.2) is 17.4 Å². The molecule has 0 unspecified atom stereocenters. The molecular formula is C9H9FN4OS. The maximum Gasteiger partial charge on any atom is 0.214 e. The Morgan fingerprint density at radius 3 is 2.88 bits per heavy atom. The molecule has 0 spiro atoms. The highest BCUT2D eigenvalue weighted by Crippen LogP contribution is 2.24. The molecule has 7 heteroatoms. The first-order chi connectivity index (χ1) is 7.63. The average Bonchev–Trinajstić information content (AvgIpc) is 2.61. The number of hydrogen-bond acceptors (Lipinski definition) is 4. The quantitative estimate of drug-likeness (QED) is 0.616. The first-order valence-corrected chi connectivity index (χ1v) is 4.80. The fourth-order valence-electron chi connectivity index (χ4n) is 1.31. The van der Waals surface area contributed by atoms with Gasteiger partial charge in [0.05, 0.1) is 7.11 Å². The number of aromatic nitrogens is 3. The van der Waals surface area contributed by atoms with Crippen LogP contribution in [0.3, 0.4) is 0 Å². The molecule has 2 aromatic rings. The number of ether oxygens (including phenoxy) is 1. The van der Waals surface area contributed by atoms with Crippen LogP contribution in [0.15, 0.2) is 18.2 Å². The van der Waals surface area contributed by atoms with Gasteiger partial charge in [-0.05, 0) is 30.4 Å². The second-order valence-electron chi connectivity index (χ2n) is 3.07. The summed E-state index contributed by atoms with van der Waals surface area (Å²) in [6.07, 6.45) is 0. The van der Waals surface area contributed by atoms with Crippen LogP contribution in [0.2, 0.25) is 0 Å². The molecule has 5 nitrogen and oxygen atoms in total. The fraction of sp³-hybridized carbons (Fsp3) is 0.111. The summed E-state index contributed by atoms with van der Waals surface area (Å²) in [6.45, 7) is 0. The van der Waals surface area contributed by atoms with Gasteiger partial charge in [0.2, 0.25) is 4.77 Å². The lowest BCUT2D eigenvalue weighted by Gasteiger charge is -2.04. The summed E-state index contributed by atoms with van der Waals surface area (Å²) >= 11 is 4.88. The molecule has 84 valence electrons. The lowest BCUT2D eigenvalue weighted by molar-refractivity contribution is 0.386. The molecular weight excluding hydrogens is 231 g/mol. The van der Waals surface area contributed by atoms with E-state index in [9.17, 15) is 4.39 Å². The van der Waals surface area contributed by atoms with E-state index in [1.165, 1.54) is 23.9 Å². The lowest BCUT2D eigenvalue weighted by Crippen LogP contribution is -2.10. The minimum atomic E-state index is -0.441. The molecule has 0 bridgehead atoms. The Bertz CT molecular complexity index is 577. The van der Waals surface area contributed by atoms with Gasteiger partial charge in [-0.25, -0.2) is 14.2 Å². The average molecular weight is 240 g/mol. The van der Waals surface area contributed by atoms with E-state index in [1.54, 1.807) is 6.07 Å². The van der Waals surface area contributed by atoms with Gasteiger partial charge in [0.1, 0.15) is 0 Å². The van der Waals surface area contributed by atoms with Crippen molar-refractivity contribution in [2.75, 3.05) is 13.0 Å². The Morgan fingerprint density at radius 1 is 1.56 bits per heavy atom. The van der Waals surface area contributed by atoms with Crippen LogP contribution in [-0.2, 0) is 0 Å². The second-order valence-corrected chi connectivity index (χ2v) is 3.46. The van der Waals surface area contributed by atoms with Crippen molar-refractivity contribution in [1.82, 2.24) is 14.9 Å². The van der Waals surface area contributed by atoms with E-state index in [0.29, 0.717) is 16.2 Å². The highest BCUT2D eigenvalue weighted by molar-refractivity contribution is 7.71. The van der Waals surface area contributed by atoms with Crippen LogP contribution in [0.25, 0.3) is 11.4 Å². The second kappa shape index (κ2) is 3.93. The standard InChI is InChI=1S/C9H9FN4OS/c1-15-7-4-5(2-3-6(7)10)8-12-13-9(16)14(8)11/h2-4H,11H2,1H3,(H,13,16).